The minimum atomic E-state index is -0.00949. The van der Waals surface area contributed by atoms with Crippen molar-refractivity contribution < 1.29 is 4.79 Å². The predicted octanol–water partition coefficient (Wildman–Crippen LogP) is 4.97. The van der Waals surface area contributed by atoms with Gasteiger partial charge in [-0.3, -0.25) is 4.79 Å². The van der Waals surface area contributed by atoms with Gasteiger partial charge in [0.25, 0.3) is 5.91 Å². The summed E-state index contributed by atoms with van der Waals surface area (Å²) >= 11 is 3.14. The lowest BCUT2D eigenvalue weighted by atomic mass is 10.1. The lowest BCUT2D eigenvalue weighted by molar-refractivity contribution is 0.0945. The third kappa shape index (κ3) is 3.06. The molecule has 0 spiro atoms. The lowest BCUT2D eigenvalue weighted by Gasteiger charge is -2.12. The first-order valence-electron chi connectivity index (χ1n) is 6.73. The smallest absolute Gasteiger partial charge is 0.262 e. The van der Waals surface area contributed by atoms with Crippen LogP contribution in [-0.2, 0) is 0 Å². The van der Waals surface area contributed by atoms with Gasteiger partial charge in [0.2, 0.25) is 0 Å². The molecule has 0 aliphatic rings. The maximum absolute atomic E-state index is 12.5. The zero-order chi connectivity index (χ0) is 14.7. The van der Waals surface area contributed by atoms with E-state index in [0.717, 1.165) is 16.0 Å². The first-order chi connectivity index (χ1) is 10.3. The van der Waals surface area contributed by atoms with Crippen molar-refractivity contribution in [2.24, 2.45) is 0 Å². The number of carbonyl (C=O) groups excluding carboxylic acids is 1. The Balaban J connectivity index is 1.82. The van der Waals surface area contributed by atoms with Gasteiger partial charge in [-0.05, 0) is 35.4 Å². The molecule has 1 amide bonds. The number of thiophene rings is 2. The van der Waals surface area contributed by atoms with E-state index in [1.165, 1.54) is 16.2 Å². The van der Waals surface area contributed by atoms with E-state index < -0.39 is 0 Å². The molecule has 3 rings (SSSR count). The summed E-state index contributed by atoms with van der Waals surface area (Å²) in [6.45, 7) is 2.01. The zero-order valence-corrected chi connectivity index (χ0v) is 13.2. The molecule has 21 heavy (non-hydrogen) atoms. The van der Waals surface area contributed by atoms with Gasteiger partial charge in [0.15, 0.2) is 0 Å². The fraction of sp³-hybridized carbons (Fsp3) is 0.118. The zero-order valence-electron chi connectivity index (χ0n) is 11.6. The van der Waals surface area contributed by atoms with Crippen LogP contribution in [0.3, 0.4) is 0 Å². The van der Waals surface area contributed by atoms with E-state index in [9.17, 15) is 4.79 Å². The number of benzene rings is 1. The maximum Gasteiger partial charge on any atom is 0.262 e. The first kappa shape index (κ1) is 14.0. The molecule has 1 unspecified atom stereocenters. The lowest BCUT2D eigenvalue weighted by Crippen LogP contribution is -2.25. The third-order valence-electron chi connectivity index (χ3n) is 3.27. The molecule has 2 heterocycles. The summed E-state index contributed by atoms with van der Waals surface area (Å²) in [5.74, 6) is -0.00949. The topological polar surface area (TPSA) is 29.1 Å². The minimum Gasteiger partial charge on any atom is -0.344 e. The van der Waals surface area contributed by atoms with Crippen molar-refractivity contribution in [1.82, 2.24) is 5.32 Å². The molecule has 0 aliphatic heterocycles. The largest absolute Gasteiger partial charge is 0.344 e. The molecule has 2 aromatic heterocycles. The van der Waals surface area contributed by atoms with Gasteiger partial charge in [0, 0.05) is 10.4 Å². The minimum absolute atomic E-state index is 0.00949. The van der Waals surface area contributed by atoms with Crippen molar-refractivity contribution in [2.45, 2.75) is 13.0 Å². The molecule has 0 bridgehead atoms. The summed E-state index contributed by atoms with van der Waals surface area (Å²) in [6.07, 6.45) is 0. The van der Waals surface area contributed by atoms with Crippen LogP contribution >= 0.6 is 22.7 Å². The van der Waals surface area contributed by atoms with E-state index in [-0.39, 0.29) is 11.9 Å². The van der Waals surface area contributed by atoms with Crippen molar-refractivity contribution in [3.8, 4) is 11.1 Å². The van der Waals surface area contributed by atoms with Gasteiger partial charge in [-0.15, -0.1) is 22.7 Å². The fourth-order valence-corrected chi connectivity index (χ4v) is 3.75. The molecule has 106 valence electrons. The van der Waals surface area contributed by atoms with Crippen LogP contribution in [0, 0.1) is 0 Å². The van der Waals surface area contributed by atoms with Crippen LogP contribution in [-0.4, -0.2) is 5.91 Å². The predicted molar refractivity (Wildman–Crippen MR) is 90.0 cm³/mol. The SMILES string of the molecule is CC(NC(=O)c1sccc1-c1ccccc1)c1cccs1. The number of rotatable bonds is 4. The van der Waals surface area contributed by atoms with Crippen molar-refractivity contribution in [3.63, 3.8) is 0 Å². The van der Waals surface area contributed by atoms with Gasteiger partial charge < -0.3 is 5.32 Å². The Morgan fingerprint density at radius 1 is 1.00 bits per heavy atom. The van der Waals surface area contributed by atoms with Crippen molar-refractivity contribution in [3.05, 3.63) is 69.0 Å². The number of carbonyl (C=O) groups is 1. The molecule has 0 saturated heterocycles. The highest BCUT2D eigenvalue weighted by Gasteiger charge is 2.17. The van der Waals surface area contributed by atoms with E-state index in [1.807, 2.05) is 66.2 Å². The number of amides is 1. The highest BCUT2D eigenvalue weighted by atomic mass is 32.1. The van der Waals surface area contributed by atoms with Gasteiger partial charge in [-0.2, -0.15) is 0 Å². The highest BCUT2D eigenvalue weighted by molar-refractivity contribution is 7.12. The standard InChI is InChI=1S/C17H15NOS2/c1-12(15-8-5-10-20-15)18-17(19)16-14(9-11-21-16)13-6-3-2-4-7-13/h2-12H,1H3,(H,18,19). The normalized spacial score (nSPS) is 12.0. The molecule has 1 N–H and O–H groups in total. The molecule has 4 heteroatoms. The van der Waals surface area contributed by atoms with E-state index in [0.29, 0.717) is 0 Å². The van der Waals surface area contributed by atoms with Crippen molar-refractivity contribution in [2.75, 3.05) is 0 Å². The van der Waals surface area contributed by atoms with Crippen LogP contribution in [0.5, 0.6) is 0 Å². The molecule has 0 radical (unpaired) electrons. The summed E-state index contributed by atoms with van der Waals surface area (Å²) in [6, 6.07) is 16.1. The van der Waals surface area contributed by atoms with E-state index in [2.05, 4.69) is 5.32 Å². The molecular weight excluding hydrogens is 298 g/mol. The molecule has 0 saturated carbocycles. The molecule has 1 atom stereocenters. The van der Waals surface area contributed by atoms with E-state index in [1.54, 1.807) is 11.3 Å². The summed E-state index contributed by atoms with van der Waals surface area (Å²) in [5.41, 5.74) is 2.07. The summed E-state index contributed by atoms with van der Waals surface area (Å²) in [7, 11) is 0. The van der Waals surface area contributed by atoms with Gasteiger partial charge in [0.05, 0.1) is 10.9 Å². The van der Waals surface area contributed by atoms with Gasteiger partial charge in [-0.1, -0.05) is 36.4 Å². The summed E-state index contributed by atoms with van der Waals surface area (Å²) < 4.78 is 0. The van der Waals surface area contributed by atoms with Gasteiger partial charge in [0.1, 0.15) is 0 Å². The number of hydrogen-bond donors (Lipinski definition) is 1. The average molecular weight is 313 g/mol. The van der Waals surface area contributed by atoms with Crippen LogP contribution in [0.15, 0.2) is 59.3 Å². The molecule has 3 aromatic rings. The maximum atomic E-state index is 12.5. The third-order valence-corrected chi connectivity index (χ3v) is 5.24. The monoisotopic (exact) mass is 313 g/mol. The molecule has 0 aliphatic carbocycles. The Kier molecular flexibility index (Phi) is 4.18. The quantitative estimate of drug-likeness (QED) is 0.724. The van der Waals surface area contributed by atoms with Crippen LogP contribution in [0.25, 0.3) is 11.1 Å². The summed E-state index contributed by atoms with van der Waals surface area (Å²) in [4.78, 5) is 14.4. The van der Waals surface area contributed by atoms with Crippen molar-refractivity contribution >= 4 is 28.6 Å². The van der Waals surface area contributed by atoms with Crippen LogP contribution < -0.4 is 5.32 Å². The Hall–Kier alpha value is -1.91. The van der Waals surface area contributed by atoms with Crippen LogP contribution in [0.2, 0.25) is 0 Å². The second kappa shape index (κ2) is 6.24. The Morgan fingerprint density at radius 2 is 1.81 bits per heavy atom. The summed E-state index contributed by atoms with van der Waals surface area (Å²) in [5, 5.41) is 7.07. The molecule has 1 aromatic carbocycles. The van der Waals surface area contributed by atoms with Gasteiger partial charge in [-0.25, -0.2) is 0 Å². The van der Waals surface area contributed by atoms with E-state index >= 15 is 0 Å². The number of hydrogen-bond acceptors (Lipinski definition) is 3. The van der Waals surface area contributed by atoms with Crippen molar-refractivity contribution in [1.29, 1.82) is 0 Å². The van der Waals surface area contributed by atoms with Crippen LogP contribution in [0.4, 0.5) is 0 Å². The fourth-order valence-electron chi connectivity index (χ4n) is 2.20. The first-order valence-corrected chi connectivity index (χ1v) is 8.49. The Labute approximate surface area is 132 Å². The molecule has 0 fully saturated rings. The van der Waals surface area contributed by atoms with Crippen LogP contribution in [0.1, 0.15) is 27.5 Å². The second-order valence-corrected chi connectivity index (χ2v) is 6.64. The van der Waals surface area contributed by atoms with E-state index in [4.69, 9.17) is 0 Å². The average Bonchev–Trinajstić information content (AvgIpc) is 3.19. The van der Waals surface area contributed by atoms with Gasteiger partial charge >= 0.3 is 0 Å². The highest BCUT2D eigenvalue weighted by Crippen LogP contribution is 2.29. The molecular formula is C17H15NOS2. The second-order valence-electron chi connectivity index (χ2n) is 4.74. The Morgan fingerprint density at radius 3 is 2.52 bits per heavy atom. The molecule has 2 nitrogen and oxygen atoms in total. The Bertz CT molecular complexity index is 716. The number of nitrogens with one attached hydrogen (secondary N) is 1.